The van der Waals surface area contributed by atoms with E-state index >= 15 is 0 Å². The van der Waals surface area contributed by atoms with Crippen LogP contribution in [0.25, 0.3) is 0 Å². The number of nitrogens with one attached hydrogen (secondary N) is 2. The van der Waals surface area contributed by atoms with Crippen LogP contribution < -0.4 is 10.6 Å². The summed E-state index contributed by atoms with van der Waals surface area (Å²) >= 11 is 0. The minimum absolute atomic E-state index is 0.183. The van der Waals surface area contributed by atoms with Gasteiger partial charge in [0.05, 0.1) is 18.3 Å². The fourth-order valence-electron chi connectivity index (χ4n) is 2.83. The Morgan fingerprint density at radius 2 is 2.12 bits per heavy atom. The maximum Gasteiger partial charge on any atom is 0.273 e. The number of halogens is 2. The number of carbonyl (C=O) groups is 1. The Kier molecular flexibility index (Phi) is 4.84. The van der Waals surface area contributed by atoms with E-state index in [-0.39, 0.29) is 17.3 Å². The Balaban J connectivity index is 1.67. The lowest BCUT2D eigenvalue weighted by atomic mass is 10.1. The van der Waals surface area contributed by atoms with Gasteiger partial charge in [-0.1, -0.05) is 11.3 Å². The first-order chi connectivity index (χ1) is 11.5. The number of benzene rings is 1. The Morgan fingerprint density at radius 3 is 2.83 bits per heavy atom. The van der Waals surface area contributed by atoms with E-state index in [2.05, 4.69) is 20.9 Å². The lowest BCUT2D eigenvalue weighted by molar-refractivity contribution is 0.0934. The molecule has 1 atom stereocenters. The minimum atomic E-state index is -0.693. The van der Waals surface area contributed by atoms with Crippen molar-refractivity contribution in [3.05, 3.63) is 47.3 Å². The van der Waals surface area contributed by atoms with E-state index in [0.29, 0.717) is 0 Å². The van der Waals surface area contributed by atoms with Crippen molar-refractivity contribution in [2.24, 2.45) is 0 Å². The largest absolute Gasteiger partial charge is 0.344 e. The van der Waals surface area contributed by atoms with Gasteiger partial charge >= 0.3 is 0 Å². The quantitative estimate of drug-likeness (QED) is 0.896. The number of hydrogen-bond acceptors (Lipinski definition) is 4. The van der Waals surface area contributed by atoms with Crippen LogP contribution in [0.3, 0.4) is 0 Å². The highest BCUT2D eigenvalue weighted by atomic mass is 19.1. The number of carbonyl (C=O) groups excluding carboxylic acids is 1. The summed E-state index contributed by atoms with van der Waals surface area (Å²) in [4.78, 5) is 12.3. The summed E-state index contributed by atoms with van der Waals surface area (Å²) < 4.78 is 28.4. The van der Waals surface area contributed by atoms with E-state index in [0.717, 1.165) is 38.1 Å². The van der Waals surface area contributed by atoms with Crippen molar-refractivity contribution in [3.63, 3.8) is 0 Å². The van der Waals surface area contributed by atoms with E-state index in [1.165, 1.54) is 6.07 Å². The molecule has 2 heterocycles. The predicted molar refractivity (Wildman–Crippen MR) is 83.4 cm³/mol. The highest BCUT2D eigenvalue weighted by Gasteiger charge is 2.20. The molecule has 24 heavy (non-hydrogen) atoms. The van der Waals surface area contributed by atoms with Crippen LogP contribution in [-0.4, -0.2) is 34.0 Å². The molecule has 128 valence electrons. The zero-order valence-corrected chi connectivity index (χ0v) is 13.3. The molecule has 1 aliphatic heterocycles. The molecule has 6 nitrogen and oxygen atoms in total. The SMILES string of the molecule is CC(NC(=O)c1cn(C2CCNCC2)nn1)c1ccc(F)cc1F. The number of aromatic nitrogens is 3. The molecule has 8 heteroatoms. The molecule has 1 unspecified atom stereocenters. The molecule has 0 saturated carbocycles. The Morgan fingerprint density at radius 1 is 1.38 bits per heavy atom. The van der Waals surface area contributed by atoms with Crippen molar-refractivity contribution in [3.8, 4) is 0 Å². The molecule has 1 saturated heterocycles. The fourth-order valence-corrected chi connectivity index (χ4v) is 2.83. The van der Waals surface area contributed by atoms with Crippen molar-refractivity contribution in [1.29, 1.82) is 0 Å². The van der Waals surface area contributed by atoms with Crippen molar-refractivity contribution in [2.45, 2.75) is 31.8 Å². The summed E-state index contributed by atoms with van der Waals surface area (Å²) in [6.07, 6.45) is 3.47. The van der Waals surface area contributed by atoms with E-state index in [4.69, 9.17) is 0 Å². The van der Waals surface area contributed by atoms with Crippen LogP contribution in [0.4, 0.5) is 8.78 Å². The van der Waals surface area contributed by atoms with Gasteiger partial charge in [0, 0.05) is 11.6 Å². The van der Waals surface area contributed by atoms with Gasteiger partial charge in [-0.3, -0.25) is 4.79 Å². The highest BCUT2D eigenvalue weighted by molar-refractivity contribution is 5.92. The average Bonchev–Trinajstić information content (AvgIpc) is 3.05. The topological polar surface area (TPSA) is 71.8 Å². The summed E-state index contributed by atoms with van der Waals surface area (Å²) in [6, 6.07) is 2.90. The predicted octanol–water partition coefficient (Wildman–Crippen LogP) is 1.97. The van der Waals surface area contributed by atoms with E-state index in [9.17, 15) is 13.6 Å². The van der Waals surface area contributed by atoms with Gasteiger partial charge in [-0.2, -0.15) is 0 Å². The van der Waals surface area contributed by atoms with E-state index in [1.54, 1.807) is 17.8 Å². The molecule has 3 rings (SSSR count). The van der Waals surface area contributed by atoms with Gasteiger partial charge in [0.1, 0.15) is 11.6 Å². The molecule has 0 aliphatic carbocycles. The van der Waals surface area contributed by atoms with Gasteiger partial charge in [0.25, 0.3) is 5.91 Å². The van der Waals surface area contributed by atoms with Crippen LogP contribution in [0.5, 0.6) is 0 Å². The third kappa shape index (κ3) is 3.59. The first-order valence-corrected chi connectivity index (χ1v) is 7.93. The number of amides is 1. The van der Waals surface area contributed by atoms with Gasteiger partial charge in [-0.05, 0) is 38.9 Å². The van der Waals surface area contributed by atoms with Crippen molar-refractivity contribution in [1.82, 2.24) is 25.6 Å². The smallest absolute Gasteiger partial charge is 0.273 e. The van der Waals surface area contributed by atoms with E-state index in [1.807, 2.05) is 0 Å². The lowest BCUT2D eigenvalue weighted by Crippen LogP contribution is -2.29. The number of piperidine rings is 1. The molecule has 0 spiro atoms. The third-order valence-electron chi connectivity index (χ3n) is 4.20. The summed E-state index contributed by atoms with van der Waals surface area (Å²) in [5, 5.41) is 13.8. The Labute approximate surface area is 138 Å². The van der Waals surface area contributed by atoms with Crippen LogP contribution in [0.1, 0.15) is 47.9 Å². The number of hydrogen-bond donors (Lipinski definition) is 2. The second kappa shape index (κ2) is 7.04. The second-order valence-corrected chi connectivity index (χ2v) is 5.93. The molecular formula is C16H19F2N5O. The molecule has 1 aliphatic rings. The molecule has 2 aromatic rings. The molecule has 0 radical (unpaired) electrons. The molecule has 1 aromatic carbocycles. The van der Waals surface area contributed by atoms with Crippen molar-refractivity contribution in [2.75, 3.05) is 13.1 Å². The molecule has 0 bridgehead atoms. The zero-order chi connectivity index (χ0) is 17.1. The maximum atomic E-state index is 13.8. The van der Waals surface area contributed by atoms with Gasteiger partial charge in [-0.15, -0.1) is 5.10 Å². The zero-order valence-electron chi connectivity index (χ0n) is 13.3. The van der Waals surface area contributed by atoms with Crippen LogP contribution in [0.2, 0.25) is 0 Å². The van der Waals surface area contributed by atoms with Crippen LogP contribution in [-0.2, 0) is 0 Å². The van der Waals surface area contributed by atoms with Crippen LogP contribution in [0.15, 0.2) is 24.4 Å². The highest BCUT2D eigenvalue weighted by Crippen LogP contribution is 2.19. The lowest BCUT2D eigenvalue weighted by Gasteiger charge is -2.22. The normalized spacial score (nSPS) is 16.8. The molecular weight excluding hydrogens is 316 g/mol. The Bertz CT molecular complexity index is 727. The minimum Gasteiger partial charge on any atom is -0.344 e. The summed E-state index contributed by atoms with van der Waals surface area (Å²) in [5.74, 6) is -1.78. The first kappa shape index (κ1) is 16.5. The van der Waals surface area contributed by atoms with Gasteiger partial charge in [-0.25, -0.2) is 13.5 Å². The summed E-state index contributed by atoms with van der Waals surface area (Å²) in [6.45, 7) is 3.45. The van der Waals surface area contributed by atoms with Gasteiger partial charge < -0.3 is 10.6 Å². The molecule has 2 N–H and O–H groups in total. The number of nitrogens with zero attached hydrogens (tertiary/aromatic N) is 3. The molecule has 1 amide bonds. The Hall–Kier alpha value is -2.35. The van der Waals surface area contributed by atoms with Gasteiger partial charge in [0.2, 0.25) is 0 Å². The fraction of sp³-hybridized carbons (Fsp3) is 0.438. The summed E-state index contributed by atoms with van der Waals surface area (Å²) in [7, 11) is 0. The van der Waals surface area contributed by atoms with Crippen molar-refractivity contribution >= 4 is 5.91 Å². The standard InChI is InChI=1S/C16H19F2N5O/c1-10(13-3-2-11(17)8-14(13)18)20-16(24)15-9-23(22-21-15)12-4-6-19-7-5-12/h2-3,8-10,12,19H,4-7H2,1H3,(H,20,24). The number of rotatable bonds is 4. The third-order valence-corrected chi connectivity index (χ3v) is 4.20. The monoisotopic (exact) mass is 335 g/mol. The maximum absolute atomic E-state index is 13.8. The summed E-state index contributed by atoms with van der Waals surface area (Å²) in [5.41, 5.74) is 0.401. The van der Waals surface area contributed by atoms with Crippen LogP contribution in [0, 0.1) is 11.6 Å². The average molecular weight is 335 g/mol. The van der Waals surface area contributed by atoms with Crippen molar-refractivity contribution < 1.29 is 13.6 Å². The van der Waals surface area contributed by atoms with Gasteiger partial charge in [0.15, 0.2) is 5.69 Å². The molecule has 1 aromatic heterocycles. The van der Waals surface area contributed by atoms with E-state index < -0.39 is 23.6 Å². The first-order valence-electron chi connectivity index (χ1n) is 7.93. The second-order valence-electron chi connectivity index (χ2n) is 5.93. The molecule has 1 fully saturated rings. The van der Waals surface area contributed by atoms with Crippen LogP contribution >= 0.6 is 0 Å².